The van der Waals surface area contributed by atoms with Crippen LogP contribution in [0.2, 0.25) is 0 Å². The molecule has 8 heteroatoms. The van der Waals surface area contributed by atoms with Crippen LogP contribution in [0.3, 0.4) is 0 Å². The van der Waals surface area contributed by atoms with Gasteiger partial charge in [0.2, 0.25) is 0 Å². The number of nitro groups is 1. The summed E-state index contributed by atoms with van der Waals surface area (Å²) in [6.45, 7) is 1.90. The van der Waals surface area contributed by atoms with Crippen LogP contribution in [0.5, 0.6) is 0 Å². The average Bonchev–Trinajstić information content (AvgIpc) is 3.07. The van der Waals surface area contributed by atoms with Gasteiger partial charge in [-0.05, 0) is 42.4 Å². The van der Waals surface area contributed by atoms with E-state index in [0.29, 0.717) is 16.4 Å². The minimum atomic E-state index is -0.458. The van der Waals surface area contributed by atoms with Crippen LogP contribution >= 0.6 is 23.6 Å². The molecular weight excluding hydrogens is 334 g/mol. The zero-order valence-electron chi connectivity index (χ0n) is 12.0. The molecule has 0 saturated carbocycles. The Labute approximate surface area is 141 Å². The van der Waals surface area contributed by atoms with Gasteiger partial charge in [0.05, 0.1) is 10.6 Å². The highest BCUT2D eigenvalue weighted by atomic mass is 32.1. The molecule has 3 rings (SSSR count). The van der Waals surface area contributed by atoms with Crippen molar-refractivity contribution in [2.75, 3.05) is 4.90 Å². The van der Waals surface area contributed by atoms with Crippen molar-refractivity contribution in [1.82, 2.24) is 5.32 Å². The van der Waals surface area contributed by atoms with E-state index in [1.165, 1.54) is 11.0 Å². The number of thiophene rings is 1. The first-order valence-corrected chi connectivity index (χ1v) is 7.92. The van der Waals surface area contributed by atoms with Gasteiger partial charge < -0.3 is 5.32 Å². The van der Waals surface area contributed by atoms with Crippen LogP contribution in [-0.2, 0) is 4.79 Å². The van der Waals surface area contributed by atoms with Crippen molar-refractivity contribution in [2.24, 2.45) is 0 Å². The second-order valence-corrected chi connectivity index (χ2v) is 6.17. The summed E-state index contributed by atoms with van der Waals surface area (Å²) < 4.78 is 0. The highest BCUT2D eigenvalue weighted by Crippen LogP contribution is 2.28. The van der Waals surface area contributed by atoms with E-state index in [9.17, 15) is 14.9 Å². The molecular formula is C15H11N3O3S2. The molecule has 116 valence electrons. The van der Waals surface area contributed by atoms with Crippen molar-refractivity contribution in [3.63, 3.8) is 0 Å². The Morgan fingerprint density at radius 3 is 2.78 bits per heavy atom. The molecule has 1 amide bonds. The van der Waals surface area contributed by atoms with Crippen molar-refractivity contribution in [2.45, 2.75) is 6.92 Å². The Kier molecular flexibility index (Phi) is 3.93. The smallest absolute Gasteiger partial charge is 0.324 e. The minimum absolute atomic E-state index is 0.0284. The van der Waals surface area contributed by atoms with Gasteiger partial charge in [0, 0.05) is 11.4 Å². The number of benzene rings is 1. The maximum Gasteiger partial charge on any atom is 0.324 e. The second kappa shape index (κ2) is 5.90. The lowest BCUT2D eigenvalue weighted by atomic mass is 10.2. The van der Waals surface area contributed by atoms with Gasteiger partial charge in [0.25, 0.3) is 5.91 Å². The third-order valence-corrected chi connectivity index (χ3v) is 4.51. The van der Waals surface area contributed by atoms with Gasteiger partial charge in [-0.2, -0.15) is 0 Å². The van der Waals surface area contributed by atoms with Crippen molar-refractivity contribution in [3.05, 3.63) is 62.7 Å². The normalized spacial score (nSPS) is 16.0. The molecule has 0 spiro atoms. The minimum Gasteiger partial charge on any atom is -0.327 e. The van der Waals surface area contributed by atoms with Crippen molar-refractivity contribution in [3.8, 4) is 0 Å². The lowest BCUT2D eigenvalue weighted by Crippen LogP contribution is -2.30. The molecule has 0 bridgehead atoms. The Hall–Kier alpha value is -2.58. The van der Waals surface area contributed by atoms with E-state index in [1.54, 1.807) is 11.5 Å². The van der Waals surface area contributed by atoms with Crippen LogP contribution in [0.25, 0.3) is 6.08 Å². The van der Waals surface area contributed by atoms with Crippen LogP contribution in [0.4, 0.5) is 10.7 Å². The van der Waals surface area contributed by atoms with Crippen molar-refractivity contribution < 1.29 is 9.72 Å². The van der Waals surface area contributed by atoms with Crippen LogP contribution in [0.15, 0.2) is 41.4 Å². The lowest BCUT2D eigenvalue weighted by molar-refractivity contribution is -0.380. The fourth-order valence-electron chi connectivity index (χ4n) is 2.25. The summed E-state index contributed by atoms with van der Waals surface area (Å²) in [6.07, 6.45) is 1.57. The predicted octanol–water partition coefficient (Wildman–Crippen LogP) is 3.23. The highest BCUT2D eigenvalue weighted by molar-refractivity contribution is 7.80. The van der Waals surface area contributed by atoms with Gasteiger partial charge in [0.1, 0.15) is 5.70 Å². The summed E-state index contributed by atoms with van der Waals surface area (Å²) in [5.41, 5.74) is 2.53. The molecule has 0 atom stereocenters. The number of nitrogens with zero attached hydrogens (tertiary/aromatic N) is 2. The summed E-state index contributed by atoms with van der Waals surface area (Å²) in [6, 6.07) is 8.86. The van der Waals surface area contributed by atoms with E-state index < -0.39 is 4.92 Å². The van der Waals surface area contributed by atoms with Crippen LogP contribution in [-0.4, -0.2) is 15.9 Å². The van der Waals surface area contributed by atoms with E-state index in [4.69, 9.17) is 12.2 Å². The van der Waals surface area contributed by atoms with E-state index in [0.717, 1.165) is 22.6 Å². The number of hydrogen-bond acceptors (Lipinski definition) is 5. The molecule has 1 aliphatic rings. The van der Waals surface area contributed by atoms with Crippen molar-refractivity contribution >= 4 is 51.3 Å². The fourth-order valence-corrected chi connectivity index (χ4v) is 3.22. The van der Waals surface area contributed by atoms with Gasteiger partial charge in [-0.15, -0.1) is 0 Å². The molecule has 6 nitrogen and oxygen atoms in total. The number of rotatable bonds is 3. The number of aryl methyl sites for hydroxylation is 1. The molecule has 23 heavy (non-hydrogen) atoms. The molecule has 1 aliphatic heterocycles. The molecule has 1 fully saturated rings. The largest absolute Gasteiger partial charge is 0.327 e. The number of carbonyl (C=O) groups excluding carboxylic acids is 1. The Morgan fingerprint density at radius 1 is 1.39 bits per heavy atom. The van der Waals surface area contributed by atoms with Crippen LogP contribution < -0.4 is 10.2 Å². The quantitative estimate of drug-likeness (QED) is 0.400. The summed E-state index contributed by atoms with van der Waals surface area (Å²) in [5, 5.41) is 15.5. The van der Waals surface area contributed by atoms with E-state index in [2.05, 4.69) is 5.32 Å². The first kappa shape index (κ1) is 15.3. The SMILES string of the molecule is Cc1ccccc1N1C(=O)/C(=C/c2csc([N+](=O)[O-])c2)NC1=S. The Balaban J connectivity index is 1.93. The number of anilines is 1. The van der Waals surface area contributed by atoms with Gasteiger partial charge >= 0.3 is 5.00 Å². The molecule has 2 heterocycles. The van der Waals surface area contributed by atoms with Gasteiger partial charge in [-0.3, -0.25) is 19.8 Å². The highest BCUT2D eigenvalue weighted by Gasteiger charge is 2.32. The van der Waals surface area contributed by atoms with Crippen LogP contribution in [0.1, 0.15) is 11.1 Å². The first-order valence-electron chi connectivity index (χ1n) is 6.63. The topological polar surface area (TPSA) is 75.5 Å². The molecule has 1 saturated heterocycles. The first-order chi connectivity index (χ1) is 11.0. The predicted molar refractivity (Wildman–Crippen MR) is 93.3 cm³/mol. The van der Waals surface area contributed by atoms with Gasteiger partial charge in [-0.1, -0.05) is 29.5 Å². The summed E-state index contributed by atoms with van der Waals surface area (Å²) in [7, 11) is 0. The van der Waals surface area contributed by atoms with E-state index in [1.807, 2.05) is 31.2 Å². The molecule has 1 aromatic heterocycles. The summed E-state index contributed by atoms with van der Waals surface area (Å²) >= 11 is 6.26. The standard InChI is InChI=1S/C15H11N3O3S2/c1-9-4-2-3-5-12(9)17-14(19)11(16-15(17)22)6-10-7-13(18(20)21)23-8-10/h2-8H,1H3,(H,16,22)/b11-6-. The zero-order valence-corrected chi connectivity index (χ0v) is 13.6. The number of nitrogens with one attached hydrogen (secondary N) is 1. The van der Waals surface area contributed by atoms with Gasteiger partial charge in [0.15, 0.2) is 5.11 Å². The maximum atomic E-state index is 12.6. The number of carbonyl (C=O) groups is 1. The average molecular weight is 345 g/mol. The number of hydrogen-bond donors (Lipinski definition) is 1. The Bertz CT molecular complexity index is 857. The molecule has 1 N–H and O–H groups in total. The maximum absolute atomic E-state index is 12.6. The monoisotopic (exact) mass is 345 g/mol. The molecule has 0 aliphatic carbocycles. The van der Waals surface area contributed by atoms with Gasteiger partial charge in [-0.25, -0.2) is 0 Å². The third-order valence-electron chi connectivity index (χ3n) is 3.33. The van der Waals surface area contributed by atoms with Crippen LogP contribution in [0, 0.1) is 17.0 Å². The molecule has 2 aromatic rings. The van der Waals surface area contributed by atoms with E-state index >= 15 is 0 Å². The number of amides is 1. The number of thiocarbonyl (C=S) groups is 1. The summed E-state index contributed by atoms with van der Waals surface area (Å²) in [4.78, 5) is 24.3. The third kappa shape index (κ3) is 2.86. The Morgan fingerprint density at radius 2 is 2.13 bits per heavy atom. The number of para-hydroxylation sites is 1. The fraction of sp³-hybridized carbons (Fsp3) is 0.0667. The molecule has 0 unspecified atom stereocenters. The lowest BCUT2D eigenvalue weighted by Gasteiger charge is -2.16. The van der Waals surface area contributed by atoms with Crippen molar-refractivity contribution in [1.29, 1.82) is 0 Å². The molecule has 1 aromatic carbocycles. The molecule has 0 radical (unpaired) electrons. The second-order valence-electron chi connectivity index (χ2n) is 4.89. The van der Waals surface area contributed by atoms with E-state index in [-0.39, 0.29) is 10.9 Å². The zero-order chi connectivity index (χ0) is 16.6. The summed E-state index contributed by atoms with van der Waals surface area (Å²) in [5.74, 6) is -0.279.